The van der Waals surface area contributed by atoms with E-state index >= 15 is 0 Å². The van der Waals surface area contributed by atoms with Gasteiger partial charge >= 0.3 is 0 Å². The lowest BCUT2D eigenvalue weighted by molar-refractivity contribution is 0.0948. The van der Waals surface area contributed by atoms with Gasteiger partial charge in [-0.2, -0.15) is 11.8 Å². The molecule has 21 heavy (non-hydrogen) atoms. The van der Waals surface area contributed by atoms with Gasteiger partial charge in [-0.25, -0.2) is 4.98 Å². The summed E-state index contributed by atoms with van der Waals surface area (Å²) >= 11 is 1.98. The van der Waals surface area contributed by atoms with Gasteiger partial charge in [0.15, 0.2) is 0 Å². The van der Waals surface area contributed by atoms with Crippen LogP contribution in [0.2, 0.25) is 0 Å². The van der Waals surface area contributed by atoms with Crippen LogP contribution in [-0.2, 0) is 6.42 Å². The normalized spacial score (nSPS) is 17.7. The molecule has 0 aliphatic carbocycles. The quantitative estimate of drug-likeness (QED) is 0.813. The first-order chi connectivity index (χ1) is 10.2. The van der Waals surface area contributed by atoms with Crippen LogP contribution in [0.5, 0.6) is 0 Å². The molecule has 2 N–H and O–H groups in total. The van der Waals surface area contributed by atoms with Crippen LogP contribution >= 0.6 is 11.8 Å². The maximum Gasteiger partial charge on any atom is 0.251 e. The highest BCUT2D eigenvalue weighted by molar-refractivity contribution is 7.99. The average Bonchev–Trinajstić information content (AvgIpc) is 2.98. The molecule has 0 spiro atoms. The lowest BCUT2D eigenvalue weighted by Gasteiger charge is -2.12. The van der Waals surface area contributed by atoms with Crippen LogP contribution in [0.3, 0.4) is 0 Å². The molecule has 1 aromatic heterocycles. The van der Waals surface area contributed by atoms with Crippen molar-refractivity contribution in [2.75, 3.05) is 29.9 Å². The van der Waals surface area contributed by atoms with Crippen LogP contribution in [0.15, 0.2) is 12.1 Å². The van der Waals surface area contributed by atoms with Crippen molar-refractivity contribution in [2.24, 2.45) is 5.92 Å². The minimum absolute atomic E-state index is 0.0193. The third-order valence-corrected chi connectivity index (χ3v) is 4.81. The van der Waals surface area contributed by atoms with E-state index in [1.807, 2.05) is 30.8 Å². The van der Waals surface area contributed by atoms with Gasteiger partial charge in [-0.05, 0) is 49.3 Å². The minimum Gasteiger partial charge on any atom is -0.370 e. The molecule has 0 bridgehead atoms. The first kappa shape index (κ1) is 16.1. The molecule has 0 saturated carbocycles. The number of nitrogens with zero attached hydrogens (tertiary/aromatic N) is 1. The van der Waals surface area contributed by atoms with Crippen LogP contribution < -0.4 is 10.6 Å². The van der Waals surface area contributed by atoms with Gasteiger partial charge in [-0.1, -0.05) is 13.3 Å². The lowest BCUT2D eigenvalue weighted by atomic mass is 10.1. The second kappa shape index (κ2) is 8.27. The molecule has 5 heteroatoms. The number of aromatic nitrogens is 1. The number of anilines is 1. The third kappa shape index (κ3) is 4.92. The van der Waals surface area contributed by atoms with E-state index in [1.165, 1.54) is 17.9 Å². The van der Waals surface area contributed by atoms with Crippen molar-refractivity contribution < 1.29 is 4.79 Å². The molecule has 1 amide bonds. The van der Waals surface area contributed by atoms with Crippen molar-refractivity contribution in [2.45, 2.75) is 33.1 Å². The van der Waals surface area contributed by atoms with Crippen molar-refractivity contribution >= 4 is 23.5 Å². The number of nitrogens with one attached hydrogen (secondary N) is 2. The fourth-order valence-electron chi connectivity index (χ4n) is 2.46. The molecule has 1 aliphatic rings. The fraction of sp³-hybridized carbons (Fsp3) is 0.625. The van der Waals surface area contributed by atoms with E-state index in [-0.39, 0.29) is 5.91 Å². The smallest absolute Gasteiger partial charge is 0.251 e. The molecule has 1 atom stereocenters. The van der Waals surface area contributed by atoms with E-state index in [0.717, 1.165) is 43.0 Å². The number of carbonyl (C=O) groups is 1. The number of carbonyl (C=O) groups excluding carboxylic acids is 1. The maximum absolute atomic E-state index is 12.3. The SMILES string of the molecule is CCCc1cc(C(=O)NCC2CCSC2)cc(NCC)n1. The van der Waals surface area contributed by atoms with Gasteiger partial charge in [0.25, 0.3) is 5.91 Å². The van der Waals surface area contributed by atoms with Gasteiger partial charge in [0.2, 0.25) is 0 Å². The van der Waals surface area contributed by atoms with Crippen LogP contribution in [0.4, 0.5) is 5.82 Å². The summed E-state index contributed by atoms with van der Waals surface area (Å²) in [4.78, 5) is 16.9. The molecule has 1 aromatic rings. The van der Waals surface area contributed by atoms with Crippen molar-refractivity contribution in [3.63, 3.8) is 0 Å². The Morgan fingerprint density at radius 2 is 2.29 bits per heavy atom. The van der Waals surface area contributed by atoms with Crippen LogP contribution in [-0.4, -0.2) is 35.5 Å². The summed E-state index contributed by atoms with van der Waals surface area (Å²) in [5, 5.41) is 6.28. The standard InChI is InChI=1S/C16H25N3OS/c1-3-5-14-8-13(9-15(19-14)17-4-2)16(20)18-10-12-6-7-21-11-12/h8-9,12H,3-7,10-11H2,1-2H3,(H,17,19)(H,18,20). The Morgan fingerprint density at radius 1 is 1.43 bits per heavy atom. The zero-order chi connectivity index (χ0) is 15.1. The van der Waals surface area contributed by atoms with E-state index < -0.39 is 0 Å². The predicted molar refractivity (Wildman–Crippen MR) is 90.2 cm³/mol. The summed E-state index contributed by atoms with van der Waals surface area (Å²) in [7, 11) is 0. The zero-order valence-corrected chi connectivity index (χ0v) is 13.8. The molecule has 1 aliphatic heterocycles. The zero-order valence-electron chi connectivity index (χ0n) is 12.9. The predicted octanol–water partition coefficient (Wildman–Crippen LogP) is 2.95. The molecule has 116 valence electrons. The molecular formula is C16H25N3OS. The highest BCUT2D eigenvalue weighted by Crippen LogP contribution is 2.22. The van der Waals surface area contributed by atoms with Gasteiger partial charge in [0, 0.05) is 24.3 Å². The van der Waals surface area contributed by atoms with Crippen LogP contribution in [0.25, 0.3) is 0 Å². The Morgan fingerprint density at radius 3 is 2.95 bits per heavy atom. The average molecular weight is 307 g/mol. The lowest BCUT2D eigenvalue weighted by Crippen LogP contribution is -2.29. The number of thioether (sulfide) groups is 1. The maximum atomic E-state index is 12.3. The molecule has 4 nitrogen and oxygen atoms in total. The molecular weight excluding hydrogens is 282 g/mol. The monoisotopic (exact) mass is 307 g/mol. The number of aryl methyl sites for hydroxylation is 1. The molecule has 2 rings (SSSR count). The first-order valence-corrected chi connectivity index (χ1v) is 8.99. The topological polar surface area (TPSA) is 54.0 Å². The van der Waals surface area contributed by atoms with Crippen molar-refractivity contribution in [1.82, 2.24) is 10.3 Å². The molecule has 1 saturated heterocycles. The fourth-order valence-corrected chi connectivity index (χ4v) is 3.74. The summed E-state index contributed by atoms with van der Waals surface area (Å²) in [6.07, 6.45) is 3.15. The van der Waals surface area contributed by atoms with E-state index in [9.17, 15) is 4.79 Å². The van der Waals surface area contributed by atoms with Gasteiger partial charge in [0.05, 0.1) is 0 Å². The summed E-state index contributed by atoms with van der Waals surface area (Å²) in [6.45, 7) is 5.75. The highest BCUT2D eigenvalue weighted by atomic mass is 32.2. The van der Waals surface area contributed by atoms with E-state index in [0.29, 0.717) is 5.92 Å². The van der Waals surface area contributed by atoms with Crippen molar-refractivity contribution in [1.29, 1.82) is 0 Å². The summed E-state index contributed by atoms with van der Waals surface area (Å²) in [5.74, 6) is 3.83. The Hall–Kier alpha value is -1.23. The Kier molecular flexibility index (Phi) is 6.36. The summed E-state index contributed by atoms with van der Waals surface area (Å²) < 4.78 is 0. The van der Waals surface area contributed by atoms with E-state index in [2.05, 4.69) is 22.5 Å². The Bertz CT molecular complexity index is 448. The third-order valence-electron chi connectivity index (χ3n) is 3.58. The minimum atomic E-state index is 0.0193. The molecule has 2 heterocycles. The number of hydrogen-bond acceptors (Lipinski definition) is 4. The molecule has 0 aromatic carbocycles. The number of hydrogen-bond donors (Lipinski definition) is 2. The second-order valence-corrected chi connectivity index (χ2v) is 6.60. The van der Waals surface area contributed by atoms with Crippen LogP contribution in [0, 0.1) is 5.92 Å². The highest BCUT2D eigenvalue weighted by Gasteiger charge is 2.17. The van der Waals surface area contributed by atoms with Crippen molar-refractivity contribution in [3.8, 4) is 0 Å². The number of pyridine rings is 1. The largest absolute Gasteiger partial charge is 0.370 e. The van der Waals surface area contributed by atoms with Gasteiger partial charge < -0.3 is 10.6 Å². The van der Waals surface area contributed by atoms with Gasteiger partial charge in [-0.3, -0.25) is 4.79 Å². The summed E-state index contributed by atoms with van der Waals surface area (Å²) in [5.41, 5.74) is 1.70. The summed E-state index contributed by atoms with van der Waals surface area (Å²) in [6, 6.07) is 3.77. The second-order valence-electron chi connectivity index (χ2n) is 5.45. The van der Waals surface area contributed by atoms with E-state index in [1.54, 1.807) is 0 Å². The van der Waals surface area contributed by atoms with Crippen molar-refractivity contribution in [3.05, 3.63) is 23.4 Å². The number of rotatable bonds is 7. The number of amides is 1. The Balaban J connectivity index is 2.03. The molecule has 1 fully saturated rings. The Labute approximate surface area is 131 Å². The van der Waals surface area contributed by atoms with Gasteiger partial charge in [-0.15, -0.1) is 0 Å². The molecule has 0 radical (unpaired) electrons. The van der Waals surface area contributed by atoms with Gasteiger partial charge in [0.1, 0.15) is 5.82 Å². The van der Waals surface area contributed by atoms with E-state index in [4.69, 9.17) is 0 Å². The first-order valence-electron chi connectivity index (χ1n) is 7.83. The molecule has 1 unspecified atom stereocenters. The van der Waals surface area contributed by atoms with Crippen LogP contribution in [0.1, 0.15) is 42.7 Å².